The lowest BCUT2D eigenvalue weighted by molar-refractivity contribution is -0.145. The molecule has 17 heavy (non-hydrogen) atoms. The molecule has 0 amide bonds. The summed E-state index contributed by atoms with van der Waals surface area (Å²) in [6, 6.07) is 0. The Hall–Kier alpha value is -1.36. The van der Waals surface area contributed by atoms with E-state index in [4.69, 9.17) is 14.2 Å². The minimum absolute atomic E-state index is 0.104. The van der Waals surface area contributed by atoms with Crippen molar-refractivity contribution in [1.29, 1.82) is 0 Å². The van der Waals surface area contributed by atoms with Crippen molar-refractivity contribution in [3.8, 4) is 0 Å². The summed E-state index contributed by atoms with van der Waals surface area (Å²) in [7, 11) is 0. The van der Waals surface area contributed by atoms with Gasteiger partial charge in [-0.3, -0.25) is 9.59 Å². The van der Waals surface area contributed by atoms with E-state index >= 15 is 0 Å². The molecule has 1 aliphatic rings. The van der Waals surface area contributed by atoms with Crippen molar-refractivity contribution in [2.75, 3.05) is 19.8 Å². The Morgan fingerprint density at radius 1 is 1.24 bits per heavy atom. The van der Waals surface area contributed by atoms with Gasteiger partial charge in [-0.05, 0) is 12.8 Å². The molecule has 0 aliphatic carbocycles. The first-order valence-electron chi connectivity index (χ1n) is 5.76. The maximum Gasteiger partial charge on any atom is 0.306 e. The summed E-state index contributed by atoms with van der Waals surface area (Å²) in [5.41, 5.74) is 0. The zero-order valence-electron chi connectivity index (χ0n) is 9.85. The van der Waals surface area contributed by atoms with Crippen LogP contribution in [0.3, 0.4) is 0 Å². The molecule has 96 valence electrons. The number of carbonyl (C=O) groups is 2. The molecule has 0 aromatic heterocycles. The molecular weight excluding hydrogens is 224 g/mol. The molecule has 1 rings (SSSR count). The zero-order valence-corrected chi connectivity index (χ0v) is 9.85. The highest BCUT2D eigenvalue weighted by molar-refractivity contribution is 5.70. The number of unbranched alkanes of at least 4 members (excludes halogenated alkanes) is 1. The molecule has 1 fully saturated rings. The second-order valence-electron chi connectivity index (χ2n) is 3.82. The number of carbonyl (C=O) groups excluding carboxylic acids is 2. The Morgan fingerprint density at radius 2 is 1.82 bits per heavy atom. The lowest BCUT2D eigenvalue weighted by Crippen LogP contribution is -2.10. The second-order valence-corrected chi connectivity index (χ2v) is 3.82. The molecule has 1 heterocycles. The molecule has 0 aromatic carbocycles. The second kappa shape index (κ2) is 7.84. The van der Waals surface area contributed by atoms with Crippen LogP contribution in [0.1, 0.15) is 25.7 Å². The highest BCUT2D eigenvalue weighted by atomic mass is 16.6. The number of ether oxygens (including phenoxy) is 3. The van der Waals surface area contributed by atoms with Crippen LogP contribution in [-0.4, -0.2) is 37.9 Å². The van der Waals surface area contributed by atoms with Gasteiger partial charge in [-0.25, -0.2) is 0 Å². The van der Waals surface area contributed by atoms with E-state index in [-0.39, 0.29) is 24.6 Å². The maximum atomic E-state index is 11.2. The first kappa shape index (κ1) is 13.7. The molecule has 1 aliphatic heterocycles. The molecule has 0 spiro atoms. The van der Waals surface area contributed by atoms with Gasteiger partial charge in [0.25, 0.3) is 0 Å². The predicted molar refractivity (Wildman–Crippen MR) is 60.3 cm³/mol. The summed E-state index contributed by atoms with van der Waals surface area (Å²) in [6.45, 7) is 4.71. The quantitative estimate of drug-likeness (QED) is 0.263. The minimum Gasteiger partial charge on any atom is -0.463 e. The van der Waals surface area contributed by atoms with E-state index in [1.54, 1.807) is 0 Å². The Bertz CT molecular complexity index is 270. The van der Waals surface area contributed by atoms with Crippen LogP contribution < -0.4 is 0 Å². The molecule has 0 bridgehead atoms. The molecule has 1 atom stereocenters. The number of rotatable bonds is 9. The predicted octanol–water partition coefficient (Wildman–Crippen LogP) is 1.22. The van der Waals surface area contributed by atoms with Crippen LogP contribution in [0.15, 0.2) is 12.7 Å². The third kappa shape index (κ3) is 7.52. The highest BCUT2D eigenvalue weighted by Crippen LogP contribution is 2.10. The van der Waals surface area contributed by atoms with Crippen molar-refractivity contribution in [3.63, 3.8) is 0 Å². The van der Waals surface area contributed by atoms with Crippen LogP contribution in [0, 0.1) is 0 Å². The molecule has 0 radical (unpaired) electrons. The molecule has 5 nitrogen and oxygen atoms in total. The van der Waals surface area contributed by atoms with Gasteiger partial charge in [0.1, 0.15) is 19.3 Å². The molecular formula is C12H18O5. The van der Waals surface area contributed by atoms with E-state index in [0.717, 1.165) is 0 Å². The molecule has 0 N–H and O–H groups in total. The fourth-order valence-corrected chi connectivity index (χ4v) is 1.19. The topological polar surface area (TPSA) is 65.1 Å². The number of epoxide rings is 1. The van der Waals surface area contributed by atoms with E-state index < -0.39 is 0 Å². The highest BCUT2D eigenvalue weighted by Gasteiger charge is 2.23. The Balaban J connectivity index is 1.89. The summed E-state index contributed by atoms with van der Waals surface area (Å²) in [6.07, 6.45) is 3.55. The Labute approximate surface area is 101 Å². The van der Waals surface area contributed by atoms with Gasteiger partial charge in [0.05, 0.1) is 6.61 Å². The van der Waals surface area contributed by atoms with E-state index in [1.165, 1.54) is 6.08 Å². The third-order valence-electron chi connectivity index (χ3n) is 2.21. The van der Waals surface area contributed by atoms with Crippen LogP contribution in [0.25, 0.3) is 0 Å². The van der Waals surface area contributed by atoms with Crippen LogP contribution in [0.5, 0.6) is 0 Å². The van der Waals surface area contributed by atoms with Crippen LogP contribution in [-0.2, 0) is 23.8 Å². The average molecular weight is 242 g/mol. The minimum atomic E-state index is -0.260. The Morgan fingerprint density at radius 3 is 2.35 bits per heavy atom. The third-order valence-corrected chi connectivity index (χ3v) is 2.21. The lowest BCUT2D eigenvalue weighted by Gasteiger charge is -2.03. The summed E-state index contributed by atoms with van der Waals surface area (Å²) in [5.74, 6) is -0.496. The first-order valence-corrected chi connectivity index (χ1v) is 5.76. The van der Waals surface area contributed by atoms with E-state index in [9.17, 15) is 9.59 Å². The van der Waals surface area contributed by atoms with Crippen LogP contribution in [0.4, 0.5) is 0 Å². The normalized spacial score (nSPS) is 17.3. The van der Waals surface area contributed by atoms with Gasteiger partial charge in [-0.2, -0.15) is 0 Å². The standard InChI is InChI=1S/C12H18O5/c1-2-7-15-11(13)5-3-4-6-12(14)17-9-10-8-16-10/h2,10H,1,3-9H2. The van der Waals surface area contributed by atoms with Gasteiger partial charge in [-0.15, -0.1) is 0 Å². The summed E-state index contributed by atoms with van der Waals surface area (Å²) >= 11 is 0. The van der Waals surface area contributed by atoms with E-state index in [0.29, 0.717) is 38.9 Å². The van der Waals surface area contributed by atoms with Crippen molar-refractivity contribution in [1.82, 2.24) is 0 Å². The SMILES string of the molecule is C=CCOC(=O)CCCCC(=O)OCC1CO1. The molecule has 0 aromatic rings. The van der Waals surface area contributed by atoms with Gasteiger partial charge in [-0.1, -0.05) is 12.7 Å². The van der Waals surface area contributed by atoms with Crippen molar-refractivity contribution >= 4 is 11.9 Å². The number of hydrogen-bond donors (Lipinski definition) is 0. The summed E-state index contributed by atoms with van der Waals surface area (Å²) in [5, 5.41) is 0. The van der Waals surface area contributed by atoms with Crippen molar-refractivity contribution in [3.05, 3.63) is 12.7 Å². The molecule has 1 unspecified atom stereocenters. The van der Waals surface area contributed by atoms with Crippen molar-refractivity contribution < 1.29 is 23.8 Å². The number of esters is 2. The summed E-state index contributed by atoms with van der Waals surface area (Å²) < 4.78 is 14.6. The van der Waals surface area contributed by atoms with Crippen molar-refractivity contribution in [2.45, 2.75) is 31.8 Å². The number of hydrogen-bond acceptors (Lipinski definition) is 5. The van der Waals surface area contributed by atoms with Crippen molar-refractivity contribution in [2.24, 2.45) is 0 Å². The zero-order chi connectivity index (χ0) is 12.5. The monoisotopic (exact) mass is 242 g/mol. The molecule has 0 saturated carbocycles. The largest absolute Gasteiger partial charge is 0.463 e. The van der Waals surface area contributed by atoms with Gasteiger partial charge in [0, 0.05) is 12.8 Å². The van der Waals surface area contributed by atoms with Gasteiger partial charge in [0.2, 0.25) is 0 Å². The average Bonchev–Trinajstić information content (AvgIpc) is 3.13. The van der Waals surface area contributed by atoms with E-state index in [2.05, 4.69) is 6.58 Å². The lowest BCUT2D eigenvalue weighted by atomic mass is 10.2. The van der Waals surface area contributed by atoms with Crippen LogP contribution in [0.2, 0.25) is 0 Å². The fraction of sp³-hybridized carbons (Fsp3) is 0.667. The van der Waals surface area contributed by atoms with Gasteiger partial charge >= 0.3 is 11.9 Å². The molecule has 1 saturated heterocycles. The first-order chi connectivity index (χ1) is 8.22. The van der Waals surface area contributed by atoms with E-state index in [1.807, 2.05) is 0 Å². The smallest absolute Gasteiger partial charge is 0.306 e. The van der Waals surface area contributed by atoms with Crippen LogP contribution >= 0.6 is 0 Å². The maximum absolute atomic E-state index is 11.2. The Kier molecular flexibility index (Phi) is 6.32. The summed E-state index contributed by atoms with van der Waals surface area (Å²) in [4.78, 5) is 22.3. The van der Waals surface area contributed by atoms with Gasteiger partial charge in [0.15, 0.2) is 0 Å². The molecule has 5 heteroatoms. The van der Waals surface area contributed by atoms with Gasteiger partial charge < -0.3 is 14.2 Å². The fourth-order valence-electron chi connectivity index (χ4n) is 1.19.